The summed E-state index contributed by atoms with van der Waals surface area (Å²) in [5.41, 5.74) is 7.24. The molecule has 1 saturated heterocycles. The molecule has 1 aromatic carbocycles. The van der Waals surface area contributed by atoms with E-state index in [2.05, 4.69) is 26.0 Å². The number of rotatable bonds is 4. The molecule has 5 heteroatoms. The summed E-state index contributed by atoms with van der Waals surface area (Å²) in [7, 11) is 0. The lowest BCUT2D eigenvalue weighted by Crippen LogP contribution is -2.37. The maximum absolute atomic E-state index is 12.1. The molecule has 0 unspecified atom stereocenters. The molecule has 0 radical (unpaired) electrons. The Morgan fingerprint density at radius 3 is 2.48 bits per heavy atom. The highest BCUT2D eigenvalue weighted by atomic mass is 35.5. The summed E-state index contributed by atoms with van der Waals surface area (Å²) in [6.45, 7) is 6.48. The van der Waals surface area contributed by atoms with Gasteiger partial charge in [-0.25, -0.2) is 0 Å². The zero-order valence-corrected chi connectivity index (χ0v) is 17.0. The van der Waals surface area contributed by atoms with E-state index in [1.165, 1.54) is 5.56 Å². The number of hydrogen-bond donors (Lipinski definition) is 1. The van der Waals surface area contributed by atoms with Crippen LogP contribution in [0.5, 0.6) is 0 Å². The van der Waals surface area contributed by atoms with E-state index in [1.807, 2.05) is 19.1 Å². The zero-order chi connectivity index (χ0) is 17.7. The summed E-state index contributed by atoms with van der Waals surface area (Å²) >= 11 is 6.01. The molecule has 0 bridgehead atoms. The highest BCUT2D eigenvalue weighted by molar-refractivity contribution is 6.30. The number of nitrogens with two attached hydrogens (primary N) is 1. The molecule has 1 fully saturated rings. The second-order valence-electron chi connectivity index (χ2n) is 7.56. The predicted molar refractivity (Wildman–Crippen MR) is 106 cm³/mol. The van der Waals surface area contributed by atoms with Crippen LogP contribution in [0.2, 0.25) is 5.02 Å². The van der Waals surface area contributed by atoms with Gasteiger partial charge in [0.2, 0.25) is 0 Å². The third-order valence-corrected chi connectivity index (χ3v) is 5.31. The molecule has 1 aliphatic rings. The van der Waals surface area contributed by atoms with Crippen molar-refractivity contribution in [2.45, 2.75) is 65.0 Å². The van der Waals surface area contributed by atoms with Crippen LogP contribution in [-0.2, 0) is 16.0 Å². The van der Waals surface area contributed by atoms with Gasteiger partial charge < -0.3 is 10.5 Å². The Labute approximate surface area is 163 Å². The first-order valence-electron chi connectivity index (χ1n) is 9.07. The number of halogens is 2. The Morgan fingerprint density at radius 2 is 1.88 bits per heavy atom. The lowest BCUT2D eigenvalue weighted by atomic mass is 9.76. The Morgan fingerprint density at radius 1 is 1.24 bits per heavy atom. The molecule has 142 valence electrons. The van der Waals surface area contributed by atoms with Crippen LogP contribution in [0, 0.1) is 17.8 Å². The fraction of sp³-hybridized carbons (Fsp3) is 0.650. The Balaban J connectivity index is 0.00000312. The molecule has 2 rings (SSSR count). The van der Waals surface area contributed by atoms with Gasteiger partial charge in [-0.15, -0.1) is 12.4 Å². The van der Waals surface area contributed by atoms with Crippen LogP contribution in [0.1, 0.15) is 52.0 Å². The van der Waals surface area contributed by atoms with E-state index in [0.717, 1.165) is 30.7 Å². The Kier molecular flexibility index (Phi) is 9.26. The lowest BCUT2D eigenvalue weighted by molar-refractivity contribution is -0.153. The van der Waals surface area contributed by atoms with Crippen LogP contribution in [0.4, 0.5) is 0 Å². The molecule has 4 atom stereocenters. The molecule has 0 spiro atoms. The van der Waals surface area contributed by atoms with Gasteiger partial charge in [0.25, 0.3) is 0 Å². The summed E-state index contributed by atoms with van der Waals surface area (Å²) in [6.07, 6.45) is 4.70. The van der Waals surface area contributed by atoms with E-state index in [1.54, 1.807) is 0 Å². The minimum Gasteiger partial charge on any atom is -0.461 e. The molecule has 1 heterocycles. The van der Waals surface area contributed by atoms with E-state index in [0.29, 0.717) is 24.2 Å². The van der Waals surface area contributed by atoms with Crippen molar-refractivity contribution in [3.63, 3.8) is 0 Å². The van der Waals surface area contributed by atoms with Crippen LogP contribution in [0.15, 0.2) is 24.3 Å². The van der Waals surface area contributed by atoms with Gasteiger partial charge in [-0.2, -0.15) is 0 Å². The van der Waals surface area contributed by atoms with Crippen LogP contribution >= 0.6 is 24.0 Å². The van der Waals surface area contributed by atoms with Gasteiger partial charge in [-0.1, -0.05) is 44.0 Å². The van der Waals surface area contributed by atoms with Crippen molar-refractivity contribution in [3.8, 4) is 0 Å². The summed E-state index contributed by atoms with van der Waals surface area (Å²) < 4.78 is 5.70. The molecular weight excluding hydrogens is 357 g/mol. The van der Waals surface area contributed by atoms with Crippen LogP contribution in [-0.4, -0.2) is 18.1 Å². The average molecular weight is 388 g/mol. The van der Waals surface area contributed by atoms with Crippen LogP contribution in [0.3, 0.4) is 0 Å². The SMILES string of the molecule is CC(C)C[C@@H]1[C@@H](Cc2ccc(Cl)cc2)CCC[C@H](N)C(=O)O[C@H]1C.Cl. The number of carbonyl (C=O) groups excluding carboxylic acids is 1. The largest absolute Gasteiger partial charge is 0.461 e. The third kappa shape index (κ3) is 6.80. The molecule has 1 aliphatic heterocycles. The van der Waals surface area contributed by atoms with Gasteiger partial charge in [-0.3, -0.25) is 4.79 Å². The first-order valence-corrected chi connectivity index (χ1v) is 9.45. The van der Waals surface area contributed by atoms with Crippen molar-refractivity contribution in [1.29, 1.82) is 0 Å². The summed E-state index contributed by atoms with van der Waals surface area (Å²) in [5, 5.41) is 0.764. The summed E-state index contributed by atoms with van der Waals surface area (Å²) in [5.74, 6) is 1.17. The number of ether oxygens (including phenoxy) is 1. The molecule has 2 N–H and O–H groups in total. The van der Waals surface area contributed by atoms with Gasteiger partial charge in [-0.05, 0) is 68.1 Å². The second kappa shape index (κ2) is 10.4. The van der Waals surface area contributed by atoms with Crippen molar-refractivity contribution in [3.05, 3.63) is 34.9 Å². The molecular formula is C20H31Cl2NO2. The first-order chi connectivity index (χ1) is 11.4. The monoisotopic (exact) mass is 387 g/mol. The maximum atomic E-state index is 12.1. The molecule has 0 aliphatic carbocycles. The lowest BCUT2D eigenvalue weighted by Gasteiger charge is -2.32. The standard InChI is InChI=1S/C20H30ClNO2.ClH/c1-13(2)11-18-14(3)24-20(23)19(22)6-4-5-16(18)12-15-7-9-17(21)10-8-15;/h7-10,13-14,16,18-19H,4-6,11-12,22H2,1-3H3;1H/t14-,16+,18-,19-;/m0./s1. The Hall–Kier alpha value is -0.770. The van der Waals surface area contributed by atoms with Gasteiger partial charge >= 0.3 is 5.97 Å². The minimum atomic E-state index is -0.485. The van der Waals surface area contributed by atoms with Gasteiger partial charge in [0.15, 0.2) is 0 Å². The average Bonchev–Trinajstić information content (AvgIpc) is 2.56. The van der Waals surface area contributed by atoms with Crippen LogP contribution < -0.4 is 5.73 Å². The number of hydrogen-bond acceptors (Lipinski definition) is 3. The second-order valence-corrected chi connectivity index (χ2v) is 8.00. The van der Waals surface area contributed by atoms with Crippen molar-refractivity contribution in [2.75, 3.05) is 0 Å². The third-order valence-electron chi connectivity index (χ3n) is 5.06. The summed E-state index contributed by atoms with van der Waals surface area (Å²) in [6, 6.07) is 7.61. The maximum Gasteiger partial charge on any atom is 0.323 e. The van der Waals surface area contributed by atoms with E-state index >= 15 is 0 Å². The number of cyclic esters (lactones) is 1. The highest BCUT2D eigenvalue weighted by Crippen LogP contribution is 2.34. The molecule has 25 heavy (non-hydrogen) atoms. The van der Waals surface area contributed by atoms with E-state index in [4.69, 9.17) is 22.1 Å². The highest BCUT2D eigenvalue weighted by Gasteiger charge is 2.32. The minimum absolute atomic E-state index is 0. The van der Waals surface area contributed by atoms with Crippen LogP contribution in [0.25, 0.3) is 0 Å². The fourth-order valence-electron chi connectivity index (χ4n) is 3.78. The number of carbonyl (C=O) groups is 1. The molecule has 0 saturated carbocycles. The topological polar surface area (TPSA) is 52.3 Å². The molecule has 3 nitrogen and oxygen atoms in total. The quantitative estimate of drug-likeness (QED) is 0.737. The van der Waals surface area contributed by atoms with E-state index in [9.17, 15) is 4.79 Å². The molecule has 0 amide bonds. The zero-order valence-electron chi connectivity index (χ0n) is 15.4. The normalized spacial score (nSPS) is 27.7. The van der Waals surface area contributed by atoms with E-state index in [-0.39, 0.29) is 24.5 Å². The smallest absolute Gasteiger partial charge is 0.323 e. The first kappa shape index (κ1) is 22.3. The number of benzene rings is 1. The van der Waals surface area contributed by atoms with Gasteiger partial charge in [0.1, 0.15) is 12.1 Å². The van der Waals surface area contributed by atoms with Crippen molar-refractivity contribution < 1.29 is 9.53 Å². The summed E-state index contributed by atoms with van der Waals surface area (Å²) in [4.78, 5) is 12.1. The van der Waals surface area contributed by atoms with Gasteiger partial charge in [0.05, 0.1) is 0 Å². The number of esters is 1. The van der Waals surface area contributed by atoms with Crippen molar-refractivity contribution in [1.82, 2.24) is 0 Å². The molecule has 0 aromatic heterocycles. The fourth-order valence-corrected chi connectivity index (χ4v) is 3.90. The molecule has 1 aromatic rings. The Bertz CT molecular complexity index is 533. The van der Waals surface area contributed by atoms with Crippen molar-refractivity contribution >= 4 is 30.0 Å². The van der Waals surface area contributed by atoms with Crippen molar-refractivity contribution in [2.24, 2.45) is 23.5 Å². The predicted octanol–water partition coefficient (Wildman–Crippen LogP) is 5.03. The van der Waals surface area contributed by atoms with E-state index < -0.39 is 6.04 Å². The van der Waals surface area contributed by atoms with Gasteiger partial charge in [0, 0.05) is 5.02 Å².